The molecule has 0 aromatic carbocycles. The fraction of sp³-hybridized carbons (Fsp3) is 0.846. The second-order valence-corrected chi connectivity index (χ2v) is 6.22. The molecular weight excluding hydrogens is 234 g/mol. The van der Waals surface area contributed by atoms with Crippen molar-refractivity contribution in [2.24, 2.45) is 5.92 Å². The number of rotatable bonds is 1. The van der Waals surface area contributed by atoms with E-state index < -0.39 is 17.5 Å². The molecule has 0 aromatic heterocycles. The van der Waals surface area contributed by atoms with Crippen LogP contribution in [0.1, 0.15) is 46.5 Å². The zero-order valence-electron chi connectivity index (χ0n) is 11.2. The number of nitrogens with zero attached hydrogens (tertiary/aromatic N) is 1. The Balaban J connectivity index is 2.14. The normalized spacial score (nSPS) is 31.3. The van der Waals surface area contributed by atoms with Crippen LogP contribution in [0.5, 0.6) is 0 Å². The summed E-state index contributed by atoms with van der Waals surface area (Å²) in [6.45, 7) is 5.47. The number of fused-ring (bicyclic) bond motifs is 2. The van der Waals surface area contributed by atoms with E-state index in [2.05, 4.69) is 0 Å². The molecular formula is C13H21NO4. The second-order valence-electron chi connectivity index (χ2n) is 6.22. The summed E-state index contributed by atoms with van der Waals surface area (Å²) >= 11 is 0. The van der Waals surface area contributed by atoms with Gasteiger partial charge in [0.1, 0.15) is 5.60 Å². The zero-order valence-corrected chi connectivity index (χ0v) is 11.2. The number of hydrogen-bond donors (Lipinski definition) is 1. The van der Waals surface area contributed by atoms with Gasteiger partial charge in [0.2, 0.25) is 0 Å². The van der Waals surface area contributed by atoms with E-state index in [1.54, 1.807) is 4.90 Å². The molecule has 2 rings (SSSR count). The molecule has 1 N–H and O–H groups in total. The number of hydrogen-bond acceptors (Lipinski definition) is 3. The highest BCUT2D eigenvalue weighted by Gasteiger charge is 2.50. The molecule has 3 atom stereocenters. The molecule has 18 heavy (non-hydrogen) atoms. The van der Waals surface area contributed by atoms with Gasteiger partial charge in [0.05, 0.1) is 5.92 Å². The smallest absolute Gasteiger partial charge is 0.410 e. The molecule has 0 spiro atoms. The lowest BCUT2D eigenvalue weighted by Crippen LogP contribution is -2.48. The number of carboxylic acids is 1. The Morgan fingerprint density at radius 2 is 1.94 bits per heavy atom. The number of carbonyl (C=O) groups is 2. The van der Waals surface area contributed by atoms with Crippen molar-refractivity contribution >= 4 is 12.1 Å². The van der Waals surface area contributed by atoms with Gasteiger partial charge in [0.15, 0.2) is 0 Å². The minimum atomic E-state index is -0.794. The first-order valence-corrected chi connectivity index (χ1v) is 6.54. The Bertz CT molecular complexity index is 360. The van der Waals surface area contributed by atoms with Crippen LogP contribution in [0.4, 0.5) is 4.79 Å². The minimum Gasteiger partial charge on any atom is -0.481 e. The summed E-state index contributed by atoms with van der Waals surface area (Å²) in [4.78, 5) is 25.0. The maximum atomic E-state index is 12.2. The van der Waals surface area contributed by atoms with E-state index in [4.69, 9.17) is 4.74 Å². The van der Waals surface area contributed by atoms with E-state index >= 15 is 0 Å². The van der Waals surface area contributed by atoms with E-state index in [0.717, 1.165) is 19.3 Å². The number of piperidine rings is 1. The average molecular weight is 255 g/mol. The Hall–Kier alpha value is -1.26. The molecule has 0 radical (unpaired) electrons. The van der Waals surface area contributed by atoms with Gasteiger partial charge in [0, 0.05) is 12.1 Å². The summed E-state index contributed by atoms with van der Waals surface area (Å²) in [7, 11) is 0. The standard InChI is InChI=1S/C13H21NO4/c1-13(2,3)18-12(17)14-8-5-4-6-10(14)9(7-8)11(15)16/h8-10H,4-7H2,1-3H3,(H,15,16)/t8-,9+,10+/m1/s1. The van der Waals surface area contributed by atoms with Gasteiger partial charge in [-0.3, -0.25) is 4.79 Å². The number of carboxylic acid groups (broad SMARTS) is 1. The molecule has 2 heterocycles. The third-order valence-corrected chi connectivity index (χ3v) is 3.70. The lowest BCUT2D eigenvalue weighted by atomic mass is 9.98. The van der Waals surface area contributed by atoms with Crippen LogP contribution in [0.3, 0.4) is 0 Å². The quantitative estimate of drug-likeness (QED) is 0.780. The van der Waals surface area contributed by atoms with Crippen LogP contribution < -0.4 is 0 Å². The molecule has 2 fully saturated rings. The Kier molecular flexibility index (Phi) is 3.25. The monoisotopic (exact) mass is 255 g/mol. The fourth-order valence-corrected chi connectivity index (χ4v) is 3.05. The highest BCUT2D eigenvalue weighted by Crippen LogP contribution is 2.40. The van der Waals surface area contributed by atoms with Gasteiger partial charge >= 0.3 is 12.1 Å². The SMILES string of the molecule is CC(C)(C)OC(=O)N1[C@@H]2CCC[C@H]1[C@@H](C(=O)O)C2. The molecule has 0 saturated carbocycles. The van der Waals surface area contributed by atoms with Crippen LogP contribution in [0.2, 0.25) is 0 Å². The predicted molar refractivity (Wildman–Crippen MR) is 65.2 cm³/mol. The first kappa shape index (κ1) is 13.2. The largest absolute Gasteiger partial charge is 0.481 e. The lowest BCUT2D eigenvalue weighted by molar-refractivity contribution is -0.142. The van der Waals surface area contributed by atoms with Gasteiger partial charge in [-0.1, -0.05) is 0 Å². The van der Waals surface area contributed by atoms with Gasteiger partial charge in [0.25, 0.3) is 0 Å². The molecule has 0 aromatic rings. The number of aliphatic carboxylic acids is 1. The van der Waals surface area contributed by atoms with E-state index in [1.807, 2.05) is 20.8 Å². The van der Waals surface area contributed by atoms with Gasteiger partial charge in [-0.05, 0) is 46.5 Å². The van der Waals surface area contributed by atoms with Crippen LogP contribution in [-0.2, 0) is 9.53 Å². The fourth-order valence-electron chi connectivity index (χ4n) is 3.05. The third-order valence-electron chi connectivity index (χ3n) is 3.70. The molecule has 2 aliphatic heterocycles. The summed E-state index contributed by atoms with van der Waals surface area (Å²) in [5.41, 5.74) is -0.535. The number of ether oxygens (including phenoxy) is 1. The number of carbonyl (C=O) groups excluding carboxylic acids is 1. The van der Waals surface area contributed by atoms with Gasteiger partial charge in [-0.15, -0.1) is 0 Å². The van der Waals surface area contributed by atoms with Crippen molar-refractivity contribution in [3.05, 3.63) is 0 Å². The third kappa shape index (κ3) is 2.44. The van der Waals surface area contributed by atoms with Crippen LogP contribution in [-0.4, -0.2) is 39.8 Å². The van der Waals surface area contributed by atoms with Crippen molar-refractivity contribution < 1.29 is 19.4 Å². The van der Waals surface area contributed by atoms with Crippen LogP contribution in [0, 0.1) is 5.92 Å². The summed E-state index contributed by atoms with van der Waals surface area (Å²) in [6.07, 6.45) is 2.87. The molecule has 2 bridgehead atoms. The summed E-state index contributed by atoms with van der Waals surface area (Å²) in [6, 6.07) is -0.143. The number of amides is 1. The molecule has 5 heteroatoms. The van der Waals surface area contributed by atoms with Crippen molar-refractivity contribution in [1.29, 1.82) is 0 Å². The van der Waals surface area contributed by atoms with Crippen molar-refractivity contribution in [1.82, 2.24) is 4.90 Å². The highest BCUT2D eigenvalue weighted by molar-refractivity contribution is 5.76. The van der Waals surface area contributed by atoms with Gasteiger partial charge < -0.3 is 14.7 Å². The molecule has 102 valence electrons. The molecule has 5 nitrogen and oxygen atoms in total. The first-order chi connectivity index (χ1) is 8.29. The van der Waals surface area contributed by atoms with E-state index in [-0.39, 0.29) is 18.2 Å². The van der Waals surface area contributed by atoms with E-state index in [1.165, 1.54) is 0 Å². The van der Waals surface area contributed by atoms with Crippen LogP contribution in [0.25, 0.3) is 0 Å². The average Bonchev–Trinajstić information content (AvgIpc) is 2.43. The topological polar surface area (TPSA) is 66.8 Å². The Morgan fingerprint density at radius 1 is 1.28 bits per heavy atom. The lowest BCUT2D eigenvalue weighted by Gasteiger charge is -2.36. The maximum absolute atomic E-state index is 12.2. The molecule has 0 unspecified atom stereocenters. The minimum absolute atomic E-state index is 0.0414. The zero-order chi connectivity index (χ0) is 13.5. The highest BCUT2D eigenvalue weighted by atomic mass is 16.6. The molecule has 0 aliphatic carbocycles. The summed E-state index contributed by atoms with van der Waals surface area (Å²) in [5.74, 6) is -1.22. The van der Waals surface area contributed by atoms with Crippen molar-refractivity contribution in [3.8, 4) is 0 Å². The van der Waals surface area contributed by atoms with Crippen LogP contribution >= 0.6 is 0 Å². The van der Waals surface area contributed by atoms with Crippen LogP contribution in [0.15, 0.2) is 0 Å². The molecule has 2 aliphatic rings. The van der Waals surface area contributed by atoms with Gasteiger partial charge in [-0.2, -0.15) is 0 Å². The van der Waals surface area contributed by atoms with E-state index in [0.29, 0.717) is 6.42 Å². The van der Waals surface area contributed by atoms with Gasteiger partial charge in [-0.25, -0.2) is 4.79 Å². The van der Waals surface area contributed by atoms with Crippen molar-refractivity contribution in [2.75, 3.05) is 0 Å². The van der Waals surface area contributed by atoms with Crippen molar-refractivity contribution in [3.63, 3.8) is 0 Å². The summed E-state index contributed by atoms with van der Waals surface area (Å²) in [5, 5.41) is 9.21. The second kappa shape index (κ2) is 4.44. The molecule has 2 saturated heterocycles. The van der Waals surface area contributed by atoms with Crippen molar-refractivity contribution in [2.45, 2.75) is 64.1 Å². The predicted octanol–water partition coefficient (Wildman–Crippen LogP) is 2.25. The summed E-state index contributed by atoms with van der Waals surface area (Å²) < 4.78 is 5.38. The Labute approximate surface area is 107 Å². The Morgan fingerprint density at radius 3 is 2.50 bits per heavy atom. The molecule has 1 amide bonds. The van der Waals surface area contributed by atoms with E-state index in [9.17, 15) is 14.7 Å². The first-order valence-electron chi connectivity index (χ1n) is 6.54. The maximum Gasteiger partial charge on any atom is 0.410 e.